The monoisotopic (exact) mass is 328 g/mol. The van der Waals surface area contributed by atoms with Crippen LogP contribution < -0.4 is 5.11 Å². The van der Waals surface area contributed by atoms with Gasteiger partial charge >= 0.3 is 0 Å². The fourth-order valence-corrected chi connectivity index (χ4v) is 3.56. The van der Waals surface area contributed by atoms with E-state index < -0.39 is 16.0 Å². The number of aliphatic hydroxyl groups excluding tert-OH is 2. The lowest BCUT2D eigenvalue weighted by molar-refractivity contribution is -0.297. The summed E-state index contributed by atoms with van der Waals surface area (Å²) in [6.45, 7) is 0.587. The van der Waals surface area contributed by atoms with Crippen molar-refractivity contribution in [2.75, 3.05) is 26.3 Å². The molecule has 0 radical (unpaired) electrons. The molecule has 0 spiro atoms. The topological polar surface area (TPSA) is 118 Å². The van der Waals surface area contributed by atoms with Gasteiger partial charge in [0, 0.05) is 13.1 Å². The number of sulfonamides is 1. The van der Waals surface area contributed by atoms with Crippen molar-refractivity contribution in [2.24, 2.45) is 0 Å². The number of hydrogen-bond acceptors (Lipinski definition) is 6. The summed E-state index contributed by atoms with van der Waals surface area (Å²) < 4.78 is 26.1. The van der Waals surface area contributed by atoms with Crippen LogP contribution in [0.15, 0.2) is 29.2 Å². The fraction of sp³-hybridized carbons (Fsp3) is 0.357. The number of aryl methyl sites for hydroxylation is 1. The average molecular weight is 328 g/mol. The maximum atomic E-state index is 12.6. The van der Waals surface area contributed by atoms with Gasteiger partial charge in [-0.3, -0.25) is 0 Å². The Morgan fingerprint density at radius 2 is 1.86 bits per heavy atom. The summed E-state index contributed by atoms with van der Waals surface area (Å²) in [7, 11) is -3.90. The molecule has 0 unspecified atom stereocenters. The quantitative estimate of drug-likeness (QED) is 0.575. The lowest BCUT2D eigenvalue weighted by atomic mass is 10.1. The van der Waals surface area contributed by atoms with Gasteiger partial charge in [0.05, 0.1) is 24.1 Å². The number of hydrogen-bond donors (Lipinski definition) is 2. The van der Waals surface area contributed by atoms with Crippen LogP contribution in [0.4, 0.5) is 0 Å². The smallest absolute Gasteiger partial charge is 0.243 e. The van der Waals surface area contributed by atoms with Gasteiger partial charge < -0.3 is 20.1 Å². The summed E-state index contributed by atoms with van der Waals surface area (Å²) in [5.41, 5.74) is 0.868. The Hall–Kier alpha value is -1.74. The van der Waals surface area contributed by atoms with Gasteiger partial charge in [-0.25, -0.2) is 8.42 Å². The molecule has 0 fully saturated rings. The minimum atomic E-state index is -3.90. The molecule has 0 saturated carbocycles. The maximum absolute atomic E-state index is 12.6. The van der Waals surface area contributed by atoms with E-state index in [0.717, 1.165) is 10.4 Å². The number of nitrogens with zero attached hydrogens (tertiary/aromatic N) is 1. The lowest BCUT2D eigenvalue weighted by Crippen LogP contribution is -2.36. The number of carboxylic acids is 1. The zero-order chi connectivity index (χ0) is 16.8. The largest absolute Gasteiger partial charge is 0.545 e. The highest BCUT2D eigenvalue weighted by Gasteiger charge is 2.25. The molecular weight excluding hydrogens is 310 g/mol. The molecule has 0 aliphatic heterocycles. The first kappa shape index (κ1) is 18.3. The molecule has 8 heteroatoms. The number of carbonyl (C=O) groups excluding carboxylic acids is 1. The molecular formula is C14H18NO6S-. The van der Waals surface area contributed by atoms with Crippen LogP contribution in [0.3, 0.4) is 0 Å². The van der Waals surface area contributed by atoms with Crippen LogP contribution >= 0.6 is 0 Å². The van der Waals surface area contributed by atoms with Crippen molar-refractivity contribution in [3.63, 3.8) is 0 Å². The normalized spacial score (nSPS) is 12.2. The Morgan fingerprint density at radius 3 is 2.36 bits per heavy atom. The number of aliphatic carboxylic acids is 1. The zero-order valence-corrected chi connectivity index (χ0v) is 12.9. The van der Waals surface area contributed by atoms with Gasteiger partial charge in [0.15, 0.2) is 0 Å². The lowest BCUT2D eigenvalue weighted by Gasteiger charge is -2.21. The second-order valence-corrected chi connectivity index (χ2v) is 6.43. The first-order chi connectivity index (χ1) is 10.3. The van der Waals surface area contributed by atoms with Gasteiger partial charge in [-0.1, -0.05) is 18.2 Å². The van der Waals surface area contributed by atoms with Crippen LogP contribution in [-0.2, 0) is 14.8 Å². The predicted molar refractivity (Wildman–Crippen MR) is 78.2 cm³/mol. The van der Waals surface area contributed by atoms with Crippen LogP contribution in [0.1, 0.15) is 11.1 Å². The molecule has 22 heavy (non-hydrogen) atoms. The summed E-state index contributed by atoms with van der Waals surface area (Å²) in [5.74, 6) is -1.38. The van der Waals surface area contributed by atoms with Gasteiger partial charge in [-0.05, 0) is 30.2 Å². The van der Waals surface area contributed by atoms with E-state index in [9.17, 15) is 18.3 Å². The third kappa shape index (κ3) is 4.63. The van der Waals surface area contributed by atoms with E-state index in [4.69, 9.17) is 10.2 Å². The van der Waals surface area contributed by atoms with Crippen LogP contribution in [0, 0.1) is 6.92 Å². The fourth-order valence-electron chi connectivity index (χ4n) is 1.88. The van der Waals surface area contributed by atoms with E-state index in [-0.39, 0.29) is 31.2 Å². The Labute approximate surface area is 129 Å². The number of aliphatic hydroxyl groups is 2. The Morgan fingerprint density at radius 1 is 1.27 bits per heavy atom. The second kappa shape index (κ2) is 8.04. The van der Waals surface area contributed by atoms with Crippen molar-refractivity contribution in [1.82, 2.24) is 4.31 Å². The van der Waals surface area contributed by atoms with E-state index in [1.165, 1.54) is 12.1 Å². The number of benzene rings is 1. The van der Waals surface area contributed by atoms with Gasteiger partial charge in [-0.15, -0.1) is 0 Å². The summed E-state index contributed by atoms with van der Waals surface area (Å²) in [5, 5.41) is 28.4. The van der Waals surface area contributed by atoms with Gasteiger partial charge in [0.25, 0.3) is 0 Å². The van der Waals surface area contributed by atoms with E-state index in [1.54, 1.807) is 19.1 Å². The number of carboxylic acid groups (broad SMARTS) is 1. The molecule has 0 atom stereocenters. The van der Waals surface area contributed by atoms with Crippen molar-refractivity contribution in [3.8, 4) is 0 Å². The molecule has 1 aromatic rings. The van der Waals surface area contributed by atoms with Crippen LogP contribution in [0.5, 0.6) is 0 Å². The molecule has 0 amide bonds. The van der Waals surface area contributed by atoms with E-state index in [2.05, 4.69) is 0 Å². The standard InChI is InChI=1S/C14H19NO6S/c1-11-2-3-12(4-5-14(18)19)10-13(11)22(20,21)15(6-8-16)7-9-17/h2-5,10,16-17H,6-9H2,1H3,(H,18,19)/p-1. The van der Waals surface area contributed by atoms with Gasteiger partial charge in [0.2, 0.25) is 10.0 Å². The van der Waals surface area contributed by atoms with Crippen molar-refractivity contribution in [2.45, 2.75) is 11.8 Å². The van der Waals surface area contributed by atoms with Crippen molar-refractivity contribution >= 4 is 22.1 Å². The van der Waals surface area contributed by atoms with Crippen LogP contribution in [0.25, 0.3) is 6.08 Å². The number of rotatable bonds is 8. The SMILES string of the molecule is Cc1ccc(C=CC(=O)[O-])cc1S(=O)(=O)N(CCO)CCO. The summed E-state index contributed by atoms with van der Waals surface area (Å²) in [6, 6.07) is 4.47. The molecule has 1 aromatic carbocycles. The molecule has 0 bridgehead atoms. The predicted octanol–water partition coefficient (Wildman–Crippen LogP) is -1.27. The van der Waals surface area contributed by atoms with Crippen LogP contribution in [-0.4, -0.2) is 55.2 Å². The Bertz CT molecular complexity index is 647. The molecule has 1 rings (SSSR count). The summed E-state index contributed by atoms with van der Waals surface area (Å²) >= 11 is 0. The van der Waals surface area contributed by atoms with Crippen molar-refractivity contribution < 1.29 is 28.5 Å². The molecule has 0 heterocycles. The van der Waals surface area contributed by atoms with E-state index in [1.807, 2.05) is 0 Å². The molecule has 0 aromatic heterocycles. The third-order valence-electron chi connectivity index (χ3n) is 2.94. The molecule has 0 saturated heterocycles. The Kier molecular flexibility index (Phi) is 6.69. The van der Waals surface area contributed by atoms with Crippen molar-refractivity contribution in [1.29, 1.82) is 0 Å². The second-order valence-electron chi connectivity index (χ2n) is 4.53. The highest BCUT2D eigenvalue weighted by atomic mass is 32.2. The minimum Gasteiger partial charge on any atom is -0.545 e. The highest BCUT2D eigenvalue weighted by Crippen LogP contribution is 2.22. The molecule has 0 aliphatic carbocycles. The molecule has 7 nitrogen and oxygen atoms in total. The Balaban J connectivity index is 3.27. The molecule has 122 valence electrons. The van der Waals surface area contributed by atoms with Crippen LogP contribution in [0.2, 0.25) is 0 Å². The summed E-state index contributed by atoms with van der Waals surface area (Å²) in [6.07, 6.45) is 2.04. The van der Waals surface area contributed by atoms with Gasteiger partial charge in [0.1, 0.15) is 0 Å². The van der Waals surface area contributed by atoms with Crippen molar-refractivity contribution in [3.05, 3.63) is 35.4 Å². The highest BCUT2D eigenvalue weighted by molar-refractivity contribution is 7.89. The minimum absolute atomic E-state index is 0.00472. The summed E-state index contributed by atoms with van der Waals surface area (Å²) in [4.78, 5) is 10.4. The van der Waals surface area contributed by atoms with Gasteiger partial charge in [-0.2, -0.15) is 4.31 Å². The average Bonchev–Trinajstić information content (AvgIpc) is 2.45. The zero-order valence-electron chi connectivity index (χ0n) is 12.1. The first-order valence-corrected chi connectivity index (χ1v) is 7.98. The van der Waals surface area contributed by atoms with E-state index >= 15 is 0 Å². The van der Waals surface area contributed by atoms with E-state index in [0.29, 0.717) is 11.1 Å². The maximum Gasteiger partial charge on any atom is 0.243 e. The first-order valence-electron chi connectivity index (χ1n) is 6.54. The number of carbonyl (C=O) groups is 1. The molecule has 0 aliphatic rings. The molecule has 2 N–H and O–H groups in total. The third-order valence-corrected chi connectivity index (χ3v) is 4.98.